The van der Waals surface area contributed by atoms with Gasteiger partial charge in [0.2, 0.25) is 0 Å². The zero-order valence-corrected chi connectivity index (χ0v) is 8.40. The van der Waals surface area contributed by atoms with E-state index in [0.29, 0.717) is 0 Å². The lowest BCUT2D eigenvalue weighted by Crippen LogP contribution is -2.28. The molecule has 1 fully saturated rings. The molecule has 1 aliphatic carbocycles. The Morgan fingerprint density at radius 3 is 2.83 bits per heavy atom. The summed E-state index contributed by atoms with van der Waals surface area (Å²) in [5.74, 6) is 0.863. The van der Waals surface area contributed by atoms with E-state index in [-0.39, 0.29) is 0 Å². The molecule has 1 aliphatic rings. The summed E-state index contributed by atoms with van der Waals surface area (Å²) in [7, 11) is 2.08. The summed E-state index contributed by atoms with van der Waals surface area (Å²) in [6, 6.07) is 0.758. The molecule has 0 amide bonds. The molecule has 2 unspecified atom stereocenters. The third-order valence-electron chi connectivity index (χ3n) is 3.08. The van der Waals surface area contributed by atoms with Crippen molar-refractivity contribution < 1.29 is 0 Å². The van der Waals surface area contributed by atoms with Crippen LogP contribution in [0.5, 0.6) is 0 Å². The van der Waals surface area contributed by atoms with Crippen molar-refractivity contribution in [1.29, 1.82) is 0 Å². The normalized spacial score (nSPS) is 29.2. The molecule has 0 saturated heterocycles. The average molecular weight is 167 g/mol. The van der Waals surface area contributed by atoms with Crippen molar-refractivity contribution in [2.75, 3.05) is 7.05 Å². The van der Waals surface area contributed by atoms with Gasteiger partial charge in [0.15, 0.2) is 0 Å². The fourth-order valence-electron chi connectivity index (χ4n) is 2.18. The van der Waals surface area contributed by atoms with Crippen LogP contribution in [-0.2, 0) is 0 Å². The maximum atomic E-state index is 4.08. The first-order valence-electron chi connectivity index (χ1n) is 5.11. The topological polar surface area (TPSA) is 12.0 Å². The van der Waals surface area contributed by atoms with Gasteiger partial charge >= 0.3 is 0 Å². The van der Waals surface area contributed by atoms with Crippen LogP contribution in [0.15, 0.2) is 12.2 Å². The van der Waals surface area contributed by atoms with Gasteiger partial charge in [0.05, 0.1) is 0 Å². The summed E-state index contributed by atoms with van der Waals surface area (Å²) in [6.45, 7) is 6.28. The molecule has 1 saturated carbocycles. The Kier molecular flexibility index (Phi) is 3.80. The molecule has 0 aliphatic heterocycles. The molecule has 1 N–H and O–H groups in total. The zero-order chi connectivity index (χ0) is 8.97. The van der Waals surface area contributed by atoms with E-state index in [9.17, 15) is 0 Å². The second-order valence-electron chi connectivity index (χ2n) is 3.89. The monoisotopic (exact) mass is 167 g/mol. The molecular formula is C11H21N. The van der Waals surface area contributed by atoms with Crippen LogP contribution >= 0.6 is 0 Å². The van der Waals surface area contributed by atoms with Crippen LogP contribution in [0.2, 0.25) is 0 Å². The molecule has 0 aromatic heterocycles. The highest BCUT2D eigenvalue weighted by atomic mass is 14.9. The maximum absolute atomic E-state index is 4.08. The minimum absolute atomic E-state index is 0.758. The molecule has 0 bridgehead atoms. The first-order chi connectivity index (χ1) is 5.77. The molecule has 2 atom stereocenters. The van der Waals surface area contributed by atoms with Gasteiger partial charge in [-0.05, 0) is 38.6 Å². The largest absolute Gasteiger partial charge is 0.317 e. The number of nitrogens with one attached hydrogen (secondary N) is 1. The Labute approximate surface area is 76.2 Å². The van der Waals surface area contributed by atoms with Gasteiger partial charge < -0.3 is 5.32 Å². The number of hydrogen-bond donors (Lipinski definition) is 1. The SMILES string of the molecule is C=C(CC)CC1CCCC1NC. The molecular weight excluding hydrogens is 146 g/mol. The van der Waals surface area contributed by atoms with E-state index >= 15 is 0 Å². The molecule has 12 heavy (non-hydrogen) atoms. The molecule has 1 rings (SSSR count). The van der Waals surface area contributed by atoms with Gasteiger partial charge in [0, 0.05) is 6.04 Å². The predicted octanol–water partition coefficient (Wildman–Crippen LogP) is 2.73. The summed E-state index contributed by atoms with van der Waals surface area (Å²) in [5, 5.41) is 3.40. The van der Waals surface area contributed by atoms with Gasteiger partial charge in [-0.1, -0.05) is 25.5 Å². The van der Waals surface area contributed by atoms with E-state index in [1.807, 2.05) is 0 Å². The van der Waals surface area contributed by atoms with Crippen molar-refractivity contribution in [1.82, 2.24) is 5.32 Å². The molecule has 0 spiro atoms. The quantitative estimate of drug-likeness (QED) is 0.635. The maximum Gasteiger partial charge on any atom is 0.00953 e. The molecule has 1 heteroatoms. The van der Waals surface area contributed by atoms with Crippen LogP contribution in [-0.4, -0.2) is 13.1 Å². The summed E-state index contributed by atoms with van der Waals surface area (Å²) >= 11 is 0. The Hall–Kier alpha value is -0.300. The van der Waals surface area contributed by atoms with Crippen LogP contribution in [0.4, 0.5) is 0 Å². The van der Waals surface area contributed by atoms with Crippen LogP contribution in [0.25, 0.3) is 0 Å². The van der Waals surface area contributed by atoms with Crippen LogP contribution in [0.3, 0.4) is 0 Å². The van der Waals surface area contributed by atoms with Crippen LogP contribution in [0.1, 0.15) is 39.0 Å². The molecule has 0 heterocycles. The predicted molar refractivity (Wildman–Crippen MR) is 54.2 cm³/mol. The lowest BCUT2D eigenvalue weighted by Gasteiger charge is -2.19. The Balaban J connectivity index is 2.35. The smallest absolute Gasteiger partial charge is 0.00953 e. The van der Waals surface area contributed by atoms with Gasteiger partial charge in [0.1, 0.15) is 0 Å². The fourth-order valence-corrected chi connectivity index (χ4v) is 2.18. The van der Waals surface area contributed by atoms with Crippen molar-refractivity contribution >= 4 is 0 Å². The van der Waals surface area contributed by atoms with Gasteiger partial charge in [-0.2, -0.15) is 0 Å². The second kappa shape index (κ2) is 4.66. The van der Waals surface area contributed by atoms with Crippen LogP contribution < -0.4 is 5.32 Å². The first-order valence-corrected chi connectivity index (χ1v) is 5.11. The highest BCUT2D eigenvalue weighted by Crippen LogP contribution is 2.30. The minimum atomic E-state index is 0.758. The van der Waals surface area contributed by atoms with Crippen molar-refractivity contribution in [2.45, 2.75) is 45.1 Å². The molecule has 70 valence electrons. The van der Waals surface area contributed by atoms with E-state index in [1.54, 1.807) is 0 Å². The summed E-state index contributed by atoms with van der Waals surface area (Å²) in [5.41, 5.74) is 1.42. The number of allylic oxidation sites excluding steroid dienone is 1. The third-order valence-corrected chi connectivity index (χ3v) is 3.08. The number of hydrogen-bond acceptors (Lipinski definition) is 1. The summed E-state index contributed by atoms with van der Waals surface area (Å²) in [4.78, 5) is 0. The molecule has 1 nitrogen and oxygen atoms in total. The van der Waals surface area contributed by atoms with Gasteiger partial charge in [-0.25, -0.2) is 0 Å². The fraction of sp³-hybridized carbons (Fsp3) is 0.818. The standard InChI is InChI=1S/C11H21N/c1-4-9(2)8-10-6-5-7-11(10)12-3/h10-12H,2,4-8H2,1,3H3. The Bertz CT molecular complexity index is 151. The Morgan fingerprint density at radius 2 is 2.25 bits per heavy atom. The highest BCUT2D eigenvalue weighted by Gasteiger charge is 2.25. The summed E-state index contributed by atoms with van der Waals surface area (Å²) in [6.07, 6.45) is 6.53. The van der Waals surface area contributed by atoms with Crippen LogP contribution in [0, 0.1) is 5.92 Å². The van der Waals surface area contributed by atoms with Crippen molar-refractivity contribution in [2.24, 2.45) is 5.92 Å². The molecule has 0 radical (unpaired) electrons. The molecule has 0 aromatic carbocycles. The molecule has 0 aromatic rings. The lowest BCUT2D eigenvalue weighted by atomic mass is 9.94. The number of rotatable bonds is 4. The Morgan fingerprint density at radius 1 is 1.50 bits per heavy atom. The van der Waals surface area contributed by atoms with Gasteiger partial charge in [-0.15, -0.1) is 0 Å². The van der Waals surface area contributed by atoms with E-state index in [4.69, 9.17) is 0 Å². The van der Waals surface area contributed by atoms with Crippen molar-refractivity contribution in [3.63, 3.8) is 0 Å². The van der Waals surface area contributed by atoms with E-state index in [2.05, 4.69) is 25.9 Å². The van der Waals surface area contributed by atoms with E-state index in [0.717, 1.165) is 18.4 Å². The van der Waals surface area contributed by atoms with Crippen molar-refractivity contribution in [3.8, 4) is 0 Å². The second-order valence-corrected chi connectivity index (χ2v) is 3.89. The van der Waals surface area contributed by atoms with Gasteiger partial charge in [0.25, 0.3) is 0 Å². The van der Waals surface area contributed by atoms with Gasteiger partial charge in [-0.3, -0.25) is 0 Å². The zero-order valence-electron chi connectivity index (χ0n) is 8.40. The average Bonchev–Trinajstić information content (AvgIpc) is 2.51. The van der Waals surface area contributed by atoms with E-state index in [1.165, 1.54) is 31.3 Å². The summed E-state index contributed by atoms with van der Waals surface area (Å²) < 4.78 is 0. The van der Waals surface area contributed by atoms with Crippen molar-refractivity contribution in [3.05, 3.63) is 12.2 Å². The third kappa shape index (κ3) is 2.34. The highest BCUT2D eigenvalue weighted by molar-refractivity contribution is 4.98. The lowest BCUT2D eigenvalue weighted by molar-refractivity contribution is 0.420. The van der Waals surface area contributed by atoms with E-state index < -0.39 is 0 Å². The minimum Gasteiger partial charge on any atom is -0.317 e. The first kappa shape index (κ1) is 9.79.